The van der Waals surface area contributed by atoms with E-state index in [2.05, 4.69) is 6.07 Å². The van der Waals surface area contributed by atoms with Crippen molar-refractivity contribution in [2.45, 2.75) is 94.2 Å². The first-order valence-electron chi connectivity index (χ1n) is 12.9. The van der Waals surface area contributed by atoms with Crippen molar-refractivity contribution >= 4 is 33.3 Å². The van der Waals surface area contributed by atoms with Crippen molar-refractivity contribution < 1.29 is 41.5 Å². The molecule has 208 valence electrons. The van der Waals surface area contributed by atoms with Crippen LogP contribution in [0.15, 0.2) is 11.6 Å². The standard InChI is InChI=1S/C26H32ClNO9S/c1-22(2)34-19-8-13-12-6-15(27)14-7-16(29)17(30)9-23(14,3)20(12)18(31)10-24(13,4)26(19,37-22)25(11-28)21(35-25)36-38(5,32)33/h7,12-13,15,18-21,31H,6,8-10H2,1-5H3/t12-,13-,15-,18-,19+,20+,21?,23-,24-,25?,26+/m0/s1. The lowest BCUT2D eigenvalue weighted by Gasteiger charge is -2.61. The van der Waals surface area contributed by atoms with Gasteiger partial charge in [-0.1, -0.05) is 13.8 Å². The summed E-state index contributed by atoms with van der Waals surface area (Å²) in [6, 6.07) is 2.17. The maximum absolute atomic E-state index is 12.6. The Morgan fingerprint density at radius 3 is 2.50 bits per heavy atom. The number of hydrogen-bond donors (Lipinski definition) is 1. The largest absolute Gasteiger partial charge is 0.393 e. The van der Waals surface area contributed by atoms with E-state index >= 15 is 0 Å². The van der Waals surface area contributed by atoms with Gasteiger partial charge in [0, 0.05) is 17.3 Å². The van der Waals surface area contributed by atoms with E-state index in [1.54, 1.807) is 13.8 Å². The number of allylic oxidation sites excluding steroid dienone is 1. The molecule has 0 amide bonds. The number of epoxide rings is 1. The van der Waals surface area contributed by atoms with E-state index < -0.39 is 73.4 Å². The fraction of sp³-hybridized carbons (Fsp3) is 0.808. The SMILES string of the molecule is CC1(C)O[C@@H]2C[C@H]3[C@@H]4C[C@H](Cl)C5=CC(=O)C(=O)C[C@]5(C)[C@H]4[C@@H](O)C[C@]3(C)[C@]2(C2(C#N)OC2OS(C)(=O)=O)O1. The molecule has 10 nitrogen and oxygen atoms in total. The Labute approximate surface area is 226 Å². The quantitative estimate of drug-likeness (QED) is 0.231. The van der Waals surface area contributed by atoms with E-state index in [1.165, 1.54) is 6.08 Å². The maximum atomic E-state index is 12.6. The third-order valence-corrected chi connectivity index (χ3v) is 11.2. The minimum Gasteiger partial charge on any atom is -0.393 e. The number of nitrogens with zero attached hydrogens (tertiary/aromatic N) is 1. The summed E-state index contributed by atoms with van der Waals surface area (Å²) in [5.41, 5.74) is -4.23. The lowest BCUT2D eigenvalue weighted by atomic mass is 9.44. The fourth-order valence-corrected chi connectivity index (χ4v) is 10.2. The monoisotopic (exact) mass is 569 g/mol. The van der Waals surface area contributed by atoms with Crippen molar-refractivity contribution in [1.82, 2.24) is 0 Å². The number of Topliss-reactive ketones (excluding diaryl/α,β-unsaturated/α-hetero) is 1. The molecular formula is C26H32ClNO9S. The van der Waals surface area contributed by atoms with Crippen LogP contribution >= 0.6 is 11.6 Å². The van der Waals surface area contributed by atoms with Gasteiger partial charge in [-0.25, -0.2) is 4.18 Å². The van der Waals surface area contributed by atoms with Crippen molar-refractivity contribution in [2.24, 2.45) is 28.6 Å². The Morgan fingerprint density at radius 1 is 1.18 bits per heavy atom. The van der Waals surface area contributed by atoms with Crippen molar-refractivity contribution in [3.63, 3.8) is 0 Å². The molecule has 38 heavy (non-hydrogen) atoms. The Balaban J connectivity index is 1.47. The maximum Gasteiger partial charge on any atom is 0.267 e. The fourth-order valence-electron chi connectivity index (χ4n) is 9.20. The van der Waals surface area contributed by atoms with E-state index in [1.807, 2.05) is 13.8 Å². The van der Waals surface area contributed by atoms with Gasteiger partial charge in [0.05, 0.1) is 23.8 Å². The molecule has 2 unspecified atom stereocenters. The molecule has 0 radical (unpaired) electrons. The first-order chi connectivity index (χ1) is 17.4. The van der Waals surface area contributed by atoms with Crippen LogP contribution in [0, 0.1) is 39.9 Å². The van der Waals surface area contributed by atoms with Crippen LogP contribution in [0.25, 0.3) is 0 Å². The van der Waals surface area contributed by atoms with Crippen LogP contribution in [0.3, 0.4) is 0 Å². The number of alkyl halides is 1. The zero-order valence-corrected chi connectivity index (χ0v) is 23.5. The number of carbonyl (C=O) groups is 2. The Hall–Kier alpha value is -1.39. The zero-order valence-electron chi connectivity index (χ0n) is 21.9. The highest BCUT2D eigenvalue weighted by Crippen LogP contribution is 2.75. The Bertz CT molecular complexity index is 1320. The number of aliphatic hydroxyl groups is 1. The van der Waals surface area contributed by atoms with Crippen LogP contribution in [-0.4, -0.2) is 72.2 Å². The number of hydrogen-bond acceptors (Lipinski definition) is 10. The second-order valence-corrected chi connectivity index (χ2v) is 15.0. The first-order valence-corrected chi connectivity index (χ1v) is 15.2. The highest BCUT2D eigenvalue weighted by Gasteiger charge is 2.88. The molecule has 2 aliphatic heterocycles. The van der Waals surface area contributed by atoms with E-state index in [9.17, 15) is 28.4 Å². The molecule has 0 bridgehead atoms. The van der Waals surface area contributed by atoms with Gasteiger partial charge in [-0.05, 0) is 62.5 Å². The number of halogens is 1. The molecule has 3 saturated carbocycles. The van der Waals surface area contributed by atoms with E-state index in [0.717, 1.165) is 6.26 Å². The van der Waals surface area contributed by atoms with Gasteiger partial charge in [0.1, 0.15) is 6.07 Å². The molecule has 5 fully saturated rings. The molecule has 6 aliphatic rings. The topological polar surface area (TPSA) is 153 Å². The minimum atomic E-state index is -3.95. The van der Waals surface area contributed by atoms with Crippen LogP contribution in [0.1, 0.15) is 53.4 Å². The smallest absolute Gasteiger partial charge is 0.267 e. The second-order valence-electron chi connectivity index (χ2n) is 12.8. The molecule has 0 aromatic rings. The number of carbonyl (C=O) groups excluding carboxylic acids is 2. The first kappa shape index (κ1) is 26.8. The summed E-state index contributed by atoms with van der Waals surface area (Å²) in [6.07, 6.45) is 0.369. The van der Waals surface area contributed by atoms with Gasteiger partial charge in [-0.15, -0.1) is 11.6 Å². The number of rotatable bonds is 3. The predicted octanol–water partition coefficient (Wildman–Crippen LogP) is 1.98. The number of ketones is 2. The van der Waals surface area contributed by atoms with Gasteiger partial charge in [-0.3, -0.25) is 9.59 Å². The van der Waals surface area contributed by atoms with Crippen LogP contribution in [0.2, 0.25) is 0 Å². The van der Waals surface area contributed by atoms with Gasteiger partial charge in [-0.2, -0.15) is 13.7 Å². The zero-order chi connectivity index (χ0) is 27.8. The Morgan fingerprint density at radius 2 is 1.87 bits per heavy atom. The molecule has 2 saturated heterocycles. The number of fused-ring (bicyclic) bond motifs is 7. The molecular weight excluding hydrogens is 538 g/mol. The van der Waals surface area contributed by atoms with Crippen LogP contribution in [0.5, 0.6) is 0 Å². The third kappa shape index (κ3) is 3.20. The van der Waals surface area contributed by atoms with Crippen LogP contribution < -0.4 is 0 Å². The summed E-state index contributed by atoms with van der Waals surface area (Å²) >= 11 is 6.88. The summed E-state index contributed by atoms with van der Waals surface area (Å²) in [7, 11) is -3.95. The van der Waals surface area contributed by atoms with Crippen LogP contribution in [-0.2, 0) is 38.1 Å². The molecule has 0 aromatic carbocycles. The predicted molar refractivity (Wildman–Crippen MR) is 131 cm³/mol. The van der Waals surface area contributed by atoms with Crippen molar-refractivity contribution in [3.05, 3.63) is 11.6 Å². The van der Waals surface area contributed by atoms with Crippen molar-refractivity contribution in [1.29, 1.82) is 5.26 Å². The van der Waals surface area contributed by atoms with E-state index in [-0.39, 0.29) is 30.6 Å². The minimum absolute atomic E-state index is 0.0212. The summed E-state index contributed by atoms with van der Waals surface area (Å²) in [5, 5.41) is 21.8. The van der Waals surface area contributed by atoms with E-state index in [0.29, 0.717) is 18.4 Å². The number of aliphatic hydroxyl groups excluding tert-OH is 1. The lowest BCUT2D eigenvalue weighted by Crippen LogP contribution is -2.67. The van der Waals surface area contributed by atoms with Gasteiger partial charge < -0.3 is 19.3 Å². The van der Waals surface area contributed by atoms with Gasteiger partial charge in [0.2, 0.25) is 23.5 Å². The summed E-state index contributed by atoms with van der Waals surface area (Å²) in [5.74, 6) is -2.87. The normalized spacial score (nSPS) is 52.8. The molecule has 11 atom stereocenters. The molecule has 0 spiro atoms. The molecule has 0 aromatic heterocycles. The molecule has 2 heterocycles. The molecule has 6 rings (SSSR count). The molecule has 1 N–H and O–H groups in total. The average Bonchev–Trinajstić information content (AvgIpc) is 3.30. The van der Waals surface area contributed by atoms with Crippen molar-refractivity contribution in [2.75, 3.05) is 6.26 Å². The van der Waals surface area contributed by atoms with E-state index in [4.69, 9.17) is 30.0 Å². The van der Waals surface area contributed by atoms with Gasteiger partial charge in [0.15, 0.2) is 11.4 Å². The molecule has 4 aliphatic carbocycles. The van der Waals surface area contributed by atoms with Gasteiger partial charge in [0.25, 0.3) is 10.1 Å². The number of nitriles is 1. The third-order valence-electron chi connectivity index (χ3n) is 10.3. The summed E-state index contributed by atoms with van der Waals surface area (Å²) in [4.78, 5) is 24.8. The van der Waals surface area contributed by atoms with Crippen molar-refractivity contribution in [3.8, 4) is 6.07 Å². The lowest BCUT2D eigenvalue weighted by molar-refractivity contribution is -0.240. The average molecular weight is 570 g/mol. The highest BCUT2D eigenvalue weighted by atomic mass is 35.5. The summed E-state index contributed by atoms with van der Waals surface area (Å²) in [6.45, 7) is 7.30. The van der Waals surface area contributed by atoms with Crippen LogP contribution in [0.4, 0.5) is 0 Å². The second kappa shape index (κ2) is 7.66. The Kier molecular flexibility index (Phi) is 5.41. The van der Waals surface area contributed by atoms with Gasteiger partial charge >= 0.3 is 0 Å². The number of ether oxygens (including phenoxy) is 3. The highest BCUT2D eigenvalue weighted by molar-refractivity contribution is 7.86. The summed E-state index contributed by atoms with van der Waals surface area (Å²) < 4.78 is 47.9. The molecule has 12 heteroatoms.